The summed E-state index contributed by atoms with van der Waals surface area (Å²) in [7, 11) is 3.23. The molecule has 1 heterocycles. The Kier molecular flexibility index (Phi) is 4.93. The van der Waals surface area contributed by atoms with Gasteiger partial charge in [0.25, 0.3) is 5.91 Å². The normalized spacial score (nSPS) is 21.1. The summed E-state index contributed by atoms with van der Waals surface area (Å²) < 4.78 is 5.24. The Labute approximate surface area is 124 Å². The quantitative estimate of drug-likeness (QED) is 0.762. The lowest BCUT2D eigenvalue weighted by atomic mass is 10.1. The first-order valence-corrected chi connectivity index (χ1v) is 6.95. The summed E-state index contributed by atoms with van der Waals surface area (Å²) in [5.74, 6) is -0.270. The smallest absolute Gasteiger partial charge is 0.251 e. The fourth-order valence-corrected chi connectivity index (χ4v) is 2.45. The van der Waals surface area contributed by atoms with Gasteiger partial charge in [-0.15, -0.1) is 0 Å². The number of nitrogens with one attached hydrogen (secondary N) is 3. The van der Waals surface area contributed by atoms with Crippen LogP contribution in [0.5, 0.6) is 0 Å². The van der Waals surface area contributed by atoms with E-state index in [1.54, 1.807) is 32.4 Å². The number of hydrogen-bond donors (Lipinski definition) is 3. The van der Waals surface area contributed by atoms with E-state index in [0.29, 0.717) is 24.2 Å². The standard InChI is InChI=1S/C15H21N3O3/c1-9-11(14(19)16-2)5-4-6-12(9)18-15(20)13-7-10(21-3)8-17-13/h4-6,10,13,17H,7-8H2,1-3H3,(H,16,19)(H,18,20). The highest BCUT2D eigenvalue weighted by Crippen LogP contribution is 2.20. The van der Waals surface area contributed by atoms with Gasteiger partial charge in [-0.1, -0.05) is 6.07 Å². The number of hydrogen-bond acceptors (Lipinski definition) is 4. The van der Waals surface area contributed by atoms with Crippen molar-refractivity contribution in [1.82, 2.24) is 10.6 Å². The second-order valence-electron chi connectivity index (χ2n) is 5.10. The van der Waals surface area contributed by atoms with Crippen LogP contribution in [0.4, 0.5) is 5.69 Å². The molecule has 0 aliphatic carbocycles. The molecule has 0 aromatic heterocycles. The van der Waals surface area contributed by atoms with Crippen molar-refractivity contribution in [2.45, 2.75) is 25.5 Å². The second-order valence-corrected chi connectivity index (χ2v) is 5.10. The molecule has 2 atom stereocenters. The number of rotatable bonds is 4. The van der Waals surface area contributed by atoms with Crippen molar-refractivity contribution >= 4 is 17.5 Å². The molecule has 1 aromatic carbocycles. The van der Waals surface area contributed by atoms with Crippen molar-refractivity contribution in [3.05, 3.63) is 29.3 Å². The van der Waals surface area contributed by atoms with Crippen molar-refractivity contribution in [3.8, 4) is 0 Å². The molecule has 2 rings (SSSR count). The summed E-state index contributed by atoms with van der Waals surface area (Å²) in [6.45, 7) is 2.49. The predicted molar refractivity (Wildman–Crippen MR) is 80.4 cm³/mol. The lowest BCUT2D eigenvalue weighted by molar-refractivity contribution is -0.118. The monoisotopic (exact) mass is 291 g/mol. The molecule has 6 heteroatoms. The Bertz CT molecular complexity index is 545. The summed E-state index contributed by atoms with van der Waals surface area (Å²) in [4.78, 5) is 24.0. The minimum absolute atomic E-state index is 0.0686. The summed E-state index contributed by atoms with van der Waals surface area (Å²) in [5, 5.41) is 8.60. The number of anilines is 1. The maximum atomic E-state index is 12.2. The summed E-state index contributed by atoms with van der Waals surface area (Å²) >= 11 is 0. The van der Waals surface area contributed by atoms with Gasteiger partial charge >= 0.3 is 0 Å². The van der Waals surface area contributed by atoms with Crippen LogP contribution < -0.4 is 16.0 Å². The molecule has 1 aliphatic rings. The third kappa shape index (κ3) is 3.40. The van der Waals surface area contributed by atoms with Gasteiger partial charge in [-0.2, -0.15) is 0 Å². The largest absolute Gasteiger partial charge is 0.380 e. The Morgan fingerprint density at radius 1 is 1.38 bits per heavy atom. The molecular formula is C15H21N3O3. The van der Waals surface area contributed by atoms with Crippen LogP contribution >= 0.6 is 0 Å². The molecular weight excluding hydrogens is 270 g/mol. The average molecular weight is 291 g/mol. The van der Waals surface area contributed by atoms with E-state index in [-0.39, 0.29) is 24.0 Å². The molecule has 0 spiro atoms. The van der Waals surface area contributed by atoms with Gasteiger partial charge in [0, 0.05) is 32.0 Å². The highest BCUT2D eigenvalue weighted by Gasteiger charge is 2.29. The van der Waals surface area contributed by atoms with E-state index >= 15 is 0 Å². The minimum atomic E-state index is -0.266. The van der Waals surface area contributed by atoms with Crippen LogP contribution in [-0.2, 0) is 9.53 Å². The van der Waals surface area contributed by atoms with E-state index in [9.17, 15) is 9.59 Å². The first-order chi connectivity index (χ1) is 10.1. The molecule has 0 radical (unpaired) electrons. The average Bonchev–Trinajstić information content (AvgIpc) is 2.97. The van der Waals surface area contributed by atoms with Crippen LogP contribution in [0.1, 0.15) is 22.3 Å². The van der Waals surface area contributed by atoms with Crippen LogP contribution in [0.3, 0.4) is 0 Å². The molecule has 2 amide bonds. The van der Waals surface area contributed by atoms with Gasteiger partial charge in [0.15, 0.2) is 0 Å². The Morgan fingerprint density at radius 2 is 2.14 bits per heavy atom. The molecule has 0 bridgehead atoms. The lowest BCUT2D eigenvalue weighted by Gasteiger charge is -2.15. The maximum Gasteiger partial charge on any atom is 0.251 e. The van der Waals surface area contributed by atoms with Gasteiger partial charge in [-0.3, -0.25) is 9.59 Å². The van der Waals surface area contributed by atoms with E-state index in [0.717, 1.165) is 5.56 Å². The molecule has 3 N–H and O–H groups in total. The van der Waals surface area contributed by atoms with Crippen LogP contribution in [0, 0.1) is 6.92 Å². The number of amides is 2. The highest BCUT2D eigenvalue weighted by molar-refractivity contribution is 6.00. The summed E-state index contributed by atoms with van der Waals surface area (Å²) in [6.07, 6.45) is 0.718. The van der Waals surface area contributed by atoms with E-state index in [1.165, 1.54) is 0 Å². The zero-order valence-electron chi connectivity index (χ0n) is 12.5. The molecule has 21 heavy (non-hydrogen) atoms. The first-order valence-electron chi connectivity index (χ1n) is 6.95. The van der Waals surface area contributed by atoms with Gasteiger partial charge in [0.1, 0.15) is 0 Å². The number of ether oxygens (including phenoxy) is 1. The van der Waals surface area contributed by atoms with E-state index in [4.69, 9.17) is 4.74 Å². The molecule has 114 valence electrons. The molecule has 6 nitrogen and oxygen atoms in total. The minimum Gasteiger partial charge on any atom is -0.380 e. The number of carbonyl (C=O) groups is 2. The van der Waals surface area contributed by atoms with E-state index in [1.807, 2.05) is 6.92 Å². The van der Waals surface area contributed by atoms with Gasteiger partial charge in [0.05, 0.1) is 12.1 Å². The van der Waals surface area contributed by atoms with Crippen LogP contribution in [0.15, 0.2) is 18.2 Å². The molecule has 2 unspecified atom stereocenters. The van der Waals surface area contributed by atoms with Gasteiger partial charge in [-0.05, 0) is 31.0 Å². The van der Waals surface area contributed by atoms with Gasteiger partial charge < -0.3 is 20.7 Å². The zero-order valence-corrected chi connectivity index (χ0v) is 12.5. The SMILES string of the molecule is CNC(=O)c1cccc(NC(=O)C2CC(OC)CN2)c1C. The van der Waals surface area contributed by atoms with E-state index < -0.39 is 0 Å². The Balaban J connectivity index is 2.09. The molecule has 0 saturated carbocycles. The fraction of sp³-hybridized carbons (Fsp3) is 0.467. The van der Waals surface area contributed by atoms with Crippen LogP contribution in [-0.4, -0.2) is 44.7 Å². The Morgan fingerprint density at radius 3 is 2.76 bits per heavy atom. The highest BCUT2D eigenvalue weighted by atomic mass is 16.5. The van der Waals surface area contributed by atoms with Crippen molar-refractivity contribution in [2.75, 3.05) is 26.0 Å². The third-order valence-electron chi connectivity index (χ3n) is 3.80. The molecule has 1 fully saturated rings. The van der Waals surface area contributed by atoms with Crippen LogP contribution in [0.2, 0.25) is 0 Å². The second kappa shape index (κ2) is 6.69. The van der Waals surface area contributed by atoms with Crippen molar-refractivity contribution in [3.63, 3.8) is 0 Å². The van der Waals surface area contributed by atoms with E-state index in [2.05, 4.69) is 16.0 Å². The fourth-order valence-electron chi connectivity index (χ4n) is 2.45. The predicted octanol–water partition coefficient (Wildman–Crippen LogP) is 0.670. The van der Waals surface area contributed by atoms with Crippen LogP contribution in [0.25, 0.3) is 0 Å². The van der Waals surface area contributed by atoms with Gasteiger partial charge in [-0.25, -0.2) is 0 Å². The summed E-state index contributed by atoms with van der Waals surface area (Å²) in [5.41, 5.74) is 1.97. The van der Waals surface area contributed by atoms with Crippen molar-refractivity contribution in [2.24, 2.45) is 0 Å². The molecule has 1 saturated heterocycles. The first kappa shape index (κ1) is 15.5. The number of carbonyl (C=O) groups excluding carboxylic acids is 2. The van der Waals surface area contributed by atoms with Gasteiger partial charge in [0.2, 0.25) is 5.91 Å². The van der Waals surface area contributed by atoms with Crippen molar-refractivity contribution < 1.29 is 14.3 Å². The third-order valence-corrected chi connectivity index (χ3v) is 3.80. The van der Waals surface area contributed by atoms with Crippen molar-refractivity contribution in [1.29, 1.82) is 0 Å². The Hall–Kier alpha value is -1.92. The maximum absolute atomic E-state index is 12.2. The molecule has 1 aliphatic heterocycles. The number of methoxy groups -OCH3 is 1. The molecule has 1 aromatic rings. The lowest BCUT2D eigenvalue weighted by Crippen LogP contribution is -2.35. The zero-order chi connectivity index (χ0) is 15.4. The number of benzene rings is 1. The summed E-state index contributed by atoms with van der Waals surface area (Å²) in [6, 6.07) is 5.02. The topological polar surface area (TPSA) is 79.5 Å².